The molecule has 0 aliphatic carbocycles. The van der Waals surface area contributed by atoms with Gasteiger partial charge in [-0.15, -0.1) is 0 Å². The molecular weight excluding hydrogens is 262 g/mol. The van der Waals surface area contributed by atoms with E-state index in [2.05, 4.69) is 11.8 Å². The minimum Gasteiger partial charge on any atom is -0.398 e. The summed E-state index contributed by atoms with van der Waals surface area (Å²) in [5.41, 5.74) is 6.87. The van der Waals surface area contributed by atoms with Gasteiger partial charge >= 0.3 is 0 Å². The predicted molar refractivity (Wildman–Crippen MR) is 83.9 cm³/mol. The zero-order valence-corrected chi connectivity index (χ0v) is 12.1. The van der Waals surface area contributed by atoms with Gasteiger partial charge in [0.05, 0.1) is 0 Å². The van der Waals surface area contributed by atoms with Gasteiger partial charge in [0.2, 0.25) is 0 Å². The molecule has 0 bridgehead atoms. The summed E-state index contributed by atoms with van der Waals surface area (Å²) in [4.78, 5) is 12.4. The second-order valence-electron chi connectivity index (χ2n) is 5.31. The van der Waals surface area contributed by atoms with E-state index >= 15 is 0 Å². The number of hydrogen-bond donors (Lipinski definition) is 2. The number of hydrogen-bond acceptors (Lipinski definition) is 3. The Hall–Kier alpha value is -2.57. The lowest BCUT2D eigenvalue weighted by Crippen LogP contribution is -2.14. The van der Waals surface area contributed by atoms with Crippen molar-refractivity contribution >= 4 is 11.5 Å². The number of benzene rings is 2. The Morgan fingerprint density at radius 1 is 1.14 bits per heavy atom. The fraction of sp³-hybridized carbons (Fsp3) is 0.167. The normalized spacial score (nSPS) is 10.6. The van der Waals surface area contributed by atoms with Crippen molar-refractivity contribution in [1.29, 1.82) is 0 Å². The molecule has 0 fully saturated rings. The van der Waals surface area contributed by atoms with Crippen molar-refractivity contribution in [2.24, 2.45) is 0 Å². The van der Waals surface area contributed by atoms with Crippen LogP contribution in [-0.2, 0) is 0 Å². The van der Waals surface area contributed by atoms with Crippen molar-refractivity contribution in [3.8, 4) is 11.8 Å². The van der Waals surface area contributed by atoms with Crippen LogP contribution < -0.4 is 5.73 Å². The third-order valence-corrected chi connectivity index (χ3v) is 2.85. The molecule has 2 aromatic carbocycles. The smallest absolute Gasteiger partial charge is 0.195 e. The Labute approximate surface area is 124 Å². The van der Waals surface area contributed by atoms with E-state index in [1.165, 1.54) is 0 Å². The van der Waals surface area contributed by atoms with E-state index in [4.69, 9.17) is 5.73 Å². The Kier molecular flexibility index (Phi) is 4.11. The molecule has 0 aliphatic heterocycles. The first-order valence-electron chi connectivity index (χ1n) is 6.62. The summed E-state index contributed by atoms with van der Waals surface area (Å²) in [5.74, 6) is 5.43. The summed E-state index contributed by atoms with van der Waals surface area (Å²) < 4.78 is 0. The van der Waals surface area contributed by atoms with Crippen LogP contribution in [0.1, 0.15) is 35.3 Å². The Morgan fingerprint density at radius 3 is 2.43 bits per heavy atom. The van der Waals surface area contributed by atoms with Gasteiger partial charge in [-0.1, -0.05) is 42.2 Å². The van der Waals surface area contributed by atoms with Crippen LogP contribution in [0.15, 0.2) is 48.5 Å². The minimum absolute atomic E-state index is 0.139. The first-order chi connectivity index (χ1) is 9.87. The lowest BCUT2D eigenvalue weighted by atomic mass is 9.99. The van der Waals surface area contributed by atoms with Gasteiger partial charge in [0.15, 0.2) is 5.78 Å². The summed E-state index contributed by atoms with van der Waals surface area (Å²) in [7, 11) is 0. The topological polar surface area (TPSA) is 63.3 Å². The lowest BCUT2D eigenvalue weighted by molar-refractivity contribution is 0.103. The zero-order chi connectivity index (χ0) is 15.5. The molecule has 21 heavy (non-hydrogen) atoms. The molecule has 0 aliphatic rings. The molecule has 0 unspecified atom stereocenters. The number of carbonyl (C=O) groups is 1. The second-order valence-corrected chi connectivity index (χ2v) is 5.31. The number of nitrogens with two attached hydrogens (primary N) is 1. The minimum atomic E-state index is -1.08. The molecule has 2 aromatic rings. The molecule has 2 rings (SSSR count). The van der Waals surface area contributed by atoms with Crippen LogP contribution >= 0.6 is 0 Å². The van der Waals surface area contributed by atoms with Gasteiger partial charge in [0.1, 0.15) is 5.60 Å². The highest BCUT2D eigenvalue weighted by atomic mass is 16.3. The van der Waals surface area contributed by atoms with Gasteiger partial charge in [-0.25, -0.2) is 0 Å². The van der Waals surface area contributed by atoms with Crippen LogP contribution in [0.3, 0.4) is 0 Å². The second kappa shape index (κ2) is 5.82. The average molecular weight is 279 g/mol. The van der Waals surface area contributed by atoms with E-state index in [0.717, 1.165) is 0 Å². The fourth-order valence-corrected chi connectivity index (χ4v) is 1.80. The molecule has 0 atom stereocenters. The molecule has 106 valence electrons. The number of aliphatic hydroxyl groups is 1. The van der Waals surface area contributed by atoms with Crippen molar-refractivity contribution in [2.45, 2.75) is 19.4 Å². The molecule has 0 aromatic heterocycles. The van der Waals surface area contributed by atoms with Crippen molar-refractivity contribution < 1.29 is 9.90 Å². The summed E-state index contributed by atoms with van der Waals surface area (Å²) in [5, 5.41) is 9.62. The van der Waals surface area contributed by atoms with Gasteiger partial charge in [-0.3, -0.25) is 4.79 Å². The highest BCUT2D eigenvalue weighted by Crippen LogP contribution is 2.18. The molecule has 0 saturated heterocycles. The standard InChI is InChI=1S/C18H17NO2/c1-18(2,21)11-10-13-8-9-16(19)15(12-13)17(20)14-6-4-3-5-7-14/h3-9,12,21H,19H2,1-2H3. The molecule has 0 saturated carbocycles. The third-order valence-electron chi connectivity index (χ3n) is 2.85. The van der Waals surface area contributed by atoms with Gasteiger partial charge < -0.3 is 10.8 Å². The monoisotopic (exact) mass is 279 g/mol. The lowest BCUT2D eigenvalue weighted by Gasteiger charge is -2.07. The highest BCUT2D eigenvalue weighted by Gasteiger charge is 2.12. The van der Waals surface area contributed by atoms with E-state index in [1.807, 2.05) is 6.07 Å². The number of rotatable bonds is 2. The first kappa shape index (κ1) is 14.8. The van der Waals surface area contributed by atoms with Crippen LogP contribution in [0, 0.1) is 11.8 Å². The van der Waals surface area contributed by atoms with Crippen LogP contribution in [-0.4, -0.2) is 16.5 Å². The molecule has 0 heterocycles. The molecule has 0 amide bonds. The van der Waals surface area contributed by atoms with Gasteiger partial charge in [-0.05, 0) is 32.0 Å². The van der Waals surface area contributed by atoms with E-state index < -0.39 is 5.60 Å². The maximum absolute atomic E-state index is 12.4. The highest BCUT2D eigenvalue weighted by molar-refractivity contribution is 6.12. The Bertz CT molecular complexity index is 716. The number of carbonyl (C=O) groups excluding carboxylic acids is 1. The van der Waals surface area contributed by atoms with E-state index in [1.54, 1.807) is 56.3 Å². The first-order valence-corrected chi connectivity index (χ1v) is 6.62. The van der Waals surface area contributed by atoms with Crippen LogP contribution in [0.25, 0.3) is 0 Å². The maximum Gasteiger partial charge on any atom is 0.195 e. The van der Waals surface area contributed by atoms with Gasteiger partial charge in [0, 0.05) is 22.4 Å². The maximum atomic E-state index is 12.4. The summed E-state index contributed by atoms with van der Waals surface area (Å²) >= 11 is 0. The summed E-state index contributed by atoms with van der Waals surface area (Å²) in [6.45, 7) is 3.21. The fourth-order valence-electron chi connectivity index (χ4n) is 1.80. The molecule has 3 N–H and O–H groups in total. The summed E-state index contributed by atoms with van der Waals surface area (Å²) in [6.07, 6.45) is 0. The van der Waals surface area contributed by atoms with Crippen molar-refractivity contribution in [3.05, 3.63) is 65.2 Å². The van der Waals surface area contributed by atoms with Crippen molar-refractivity contribution in [1.82, 2.24) is 0 Å². The van der Waals surface area contributed by atoms with Crippen LogP contribution in [0.2, 0.25) is 0 Å². The van der Waals surface area contributed by atoms with E-state index in [-0.39, 0.29) is 5.78 Å². The molecule has 3 nitrogen and oxygen atoms in total. The van der Waals surface area contributed by atoms with E-state index in [0.29, 0.717) is 22.4 Å². The average Bonchev–Trinajstić information content (AvgIpc) is 2.46. The van der Waals surface area contributed by atoms with Crippen molar-refractivity contribution in [3.63, 3.8) is 0 Å². The molecule has 0 spiro atoms. The largest absolute Gasteiger partial charge is 0.398 e. The Balaban J connectivity index is 2.40. The Morgan fingerprint density at radius 2 is 1.81 bits per heavy atom. The molecular formula is C18H17NO2. The quantitative estimate of drug-likeness (QED) is 0.504. The van der Waals surface area contributed by atoms with Crippen molar-refractivity contribution in [2.75, 3.05) is 5.73 Å². The zero-order valence-electron chi connectivity index (χ0n) is 12.1. The number of anilines is 1. The molecule has 3 heteroatoms. The van der Waals surface area contributed by atoms with Crippen LogP contribution in [0.5, 0.6) is 0 Å². The van der Waals surface area contributed by atoms with Crippen LogP contribution in [0.4, 0.5) is 5.69 Å². The van der Waals surface area contributed by atoms with E-state index in [9.17, 15) is 9.90 Å². The number of ketones is 1. The predicted octanol–water partition coefficient (Wildman–Crippen LogP) is 2.62. The molecule has 0 radical (unpaired) electrons. The van der Waals surface area contributed by atoms with Gasteiger partial charge in [-0.2, -0.15) is 0 Å². The van der Waals surface area contributed by atoms with Gasteiger partial charge in [0.25, 0.3) is 0 Å². The third kappa shape index (κ3) is 3.95. The number of nitrogen functional groups attached to an aromatic ring is 1. The summed E-state index contributed by atoms with van der Waals surface area (Å²) in [6, 6.07) is 14.0. The SMILES string of the molecule is CC(C)(O)C#Cc1ccc(N)c(C(=O)c2ccccc2)c1.